The average Bonchev–Trinajstić information content (AvgIpc) is 3.28. The molecule has 0 atom stereocenters. The molecule has 1 saturated carbocycles. The van der Waals surface area contributed by atoms with Gasteiger partial charge in [-0.25, -0.2) is 8.42 Å². The molecule has 4 rings (SSSR count). The summed E-state index contributed by atoms with van der Waals surface area (Å²) < 4.78 is 25.3. The van der Waals surface area contributed by atoms with Gasteiger partial charge in [0.2, 0.25) is 10.0 Å². The van der Waals surface area contributed by atoms with Crippen molar-refractivity contribution in [3.8, 4) is 0 Å². The molecule has 1 aromatic heterocycles. The van der Waals surface area contributed by atoms with Gasteiger partial charge < -0.3 is 5.32 Å². The topological polar surface area (TPSA) is 95.2 Å². The lowest BCUT2D eigenvalue weighted by Gasteiger charge is -2.16. The van der Waals surface area contributed by atoms with E-state index in [9.17, 15) is 13.2 Å². The second kappa shape index (κ2) is 5.87. The fourth-order valence-corrected chi connectivity index (χ4v) is 4.76. The summed E-state index contributed by atoms with van der Waals surface area (Å²) in [4.78, 5) is 12.4. The van der Waals surface area contributed by atoms with E-state index in [0.29, 0.717) is 36.0 Å². The lowest BCUT2D eigenvalue weighted by molar-refractivity contribution is 0.102. The van der Waals surface area contributed by atoms with Crippen LogP contribution in [0.4, 0.5) is 11.5 Å². The van der Waals surface area contributed by atoms with Crippen molar-refractivity contribution in [1.82, 2.24) is 10.2 Å². The summed E-state index contributed by atoms with van der Waals surface area (Å²) in [5.41, 5.74) is 3.15. The lowest BCUT2D eigenvalue weighted by atomic mass is 10.1. The predicted molar refractivity (Wildman–Crippen MR) is 95.4 cm³/mol. The number of hydrogen-bond donors (Lipinski definition) is 2. The molecule has 1 aliphatic heterocycles. The van der Waals surface area contributed by atoms with E-state index in [4.69, 9.17) is 0 Å². The third kappa shape index (κ3) is 3.02. The second-order valence-corrected chi connectivity index (χ2v) is 8.64. The van der Waals surface area contributed by atoms with Crippen LogP contribution in [-0.2, 0) is 10.0 Å². The molecular formula is C17H20N4O3S. The molecule has 1 amide bonds. The molecule has 25 heavy (non-hydrogen) atoms. The first-order valence-corrected chi connectivity index (χ1v) is 10.0. The molecule has 0 radical (unpaired) electrons. The number of hydrogen-bond acceptors (Lipinski definition) is 4. The highest BCUT2D eigenvalue weighted by atomic mass is 32.2. The Morgan fingerprint density at radius 3 is 2.60 bits per heavy atom. The minimum absolute atomic E-state index is 0.178. The van der Waals surface area contributed by atoms with Gasteiger partial charge in [0, 0.05) is 29.3 Å². The Kier molecular flexibility index (Phi) is 3.79. The van der Waals surface area contributed by atoms with Gasteiger partial charge in [0.1, 0.15) is 0 Å². The van der Waals surface area contributed by atoms with Gasteiger partial charge in [-0.2, -0.15) is 5.10 Å². The Morgan fingerprint density at radius 1 is 1.28 bits per heavy atom. The molecule has 8 heteroatoms. The third-order valence-corrected chi connectivity index (χ3v) is 6.65. The molecule has 0 unspecified atom stereocenters. The number of rotatable bonds is 4. The first-order chi connectivity index (χ1) is 12.0. The van der Waals surface area contributed by atoms with Crippen molar-refractivity contribution in [3.63, 3.8) is 0 Å². The molecule has 1 saturated heterocycles. The summed E-state index contributed by atoms with van der Waals surface area (Å²) in [5, 5.41) is 10.0. The van der Waals surface area contributed by atoms with Gasteiger partial charge in [-0.15, -0.1) is 0 Å². The Hall–Kier alpha value is -2.35. The number of benzene rings is 1. The number of anilines is 2. The van der Waals surface area contributed by atoms with Gasteiger partial charge in [0.25, 0.3) is 5.91 Å². The van der Waals surface area contributed by atoms with E-state index in [1.807, 2.05) is 6.92 Å². The standard InChI is InChI=1S/C17H20N4O3S/c1-11-15(12-3-4-12)19-20-16(11)18-17(22)13-5-7-14(8-6-13)21-9-2-10-25(21,23)24/h5-8,12H,2-4,9-10H2,1H3,(H2,18,19,20,22). The van der Waals surface area contributed by atoms with Crippen LogP contribution >= 0.6 is 0 Å². The Morgan fingerprint density at radius 2 is 2.00 bits per heavy atom. The molecule has 1 aromatic carbocycles. The van der Waals surface area contributed by atoms with Crippen LogP contribution in [0.3, 0.4) is 0 Å². The first kappa shape index (κ1) is 16.1. The monoisotopic (exact) mass is 360 g/mol. The number of carbonyl (C=O) groups is 1. The number of sulfonamides is 1. The minimum atomic E-state index is -3.21. The van der Waals surface area contributed by atoms with E-state index in [1.54, 1.807) is 24.3 Å². The summed E-state index contributed by atoms with van der Waals surface area (Å²) >= 11 is 0. The summed E-state index contributed by atoms with van der Waals surface area (Å²) in [6.07, 6.45) is 2.96. The van der Waals surface area contributed by atoms with Gasteiger partial charge in [0.05, 0.1) is 11.4 Å². The number of nitrogens with one attached hydrogen (secondary N) is 2. The molecule has 2 fully saturated rings. The van der Waals surface area contributed by atoms with Crippen LogP contribution < -0.4 is 9.62 Å². The summed E-state index contributed by atoms with van der Waals surface area (Å²) in [6, 6.07) is 6.63. The normalized spacial score (nSPS) is 19.2. The summed E-state index contributed by atoms with van der Waals surface area (Å²) in [5.74, 6) is 1.02. The van der Waals surface area contributed by atoms with E-state index in [2.05, 4.69) is 15.5 Å². The molecule has 2 aliphatic rings. The van der Waals surface area contributed by atoms with Gasteiger partial charge in [-0.3, -0.25) is 14.2 Å². The van der Waals surface area contributed by atoms with Crippen LogP contribution in [0.1, 0.15) is 46.8 Å². The van der Waals surface area contributed by atoms with Crippen LogP contribution in [0.2, 0.25) is 0 Å². The maximum atomic E-state index is 12.4. The summed E-state index contributed by atoms with van der Waals surface area (Å²) in [6.45, 7) is 2.44. The largest absolute Gasteiger partial charge is 0.305 e. The van der Waals surface area contributed by atoms with Crippen LogP contribution in [0.15, 0.2) is 24.3 Å². The second-order valence-electron chi connectivity index (χ2n) is 6.63. The number of H-pyrrole nitrogens is 1. The molecule has 2 aromatic rings. The fourth-order valence-electron chi connectivity index (χ4n) is 3.19. The van der Waals surface area contributed by atoms with Crippen molar-refractivity contribution in [1.29, 1.82) is 0 Å². The number of amides is 1. The minimum Gasteiger partial charge on any atom is -0.305 e. The van der Waals surface area contributed by atoms with E-state index < -0.39 is 10.0 Å². The van der Waals surface area contributed by atoms with Crippen molar-refractivity contribution >= 4 is 27.4 Å². The van der Waals surface area contributed by atoms with Crippen molar-refractivity contribution in [2.75, 3.05) is 21.9 Å². The highest BCUT2D eigenvalue weighted by Crippen LogP contribution is 2.41. The van der Waals surface area contributed by atoms with E-state index in [1.165, 1.54) is 4.31 Å². The average molecular weight is 360 g/mol. The van der Waals surface area contributed by atoms with Crippen LogP contribution in [-0.4, -0.2) is 36.8 Å². The SMILES string of the molecule is Cc1c(NC(=O)c2ccc(N3CCCS3(=O)=O)cc2)n[nH]c1C1CC1. The van der Waals surface area contributed by atoms with Gasteiger partial charge in [0.15, 0.2) is 5.82 Å². The van der Waals surface area contributed by atoms with Crippen LogP contribution in [0, 0.1) is 6.92 Å². The zero-order chi connectivity index (χ0) is 17.6. The summed E-state index contributed by atoms with van der Waals surface area (Å²) in [7, 11) is -3.21. The van der Waals surface area contributed by atoms with Crippen molar-refractivity contribution in [3.05, 3.63) is 41.1 Å². The molecule has 2 N–H and O–H groups in total. The highest BCUT2D eigenvalue weighted by molar-refractivity contribution is 7.93. The van der Waals surface area contributed by atoms with Crippen molar-refractivity contribution < 1.29 is 13.2 Å². The molecule has 2 heterocycles. The smallest absolute Gasteiger partial charge is 0.256 e. The fraction of sp³-hybridized carbons (Fsp3) is 0.412. The molecular weight excluding hydrogens is 340 g/mol. The van der Waals surface area contributed by atoms with Gasteiger partial charge in [-0.1, -0.05) is 0 Å². The van der Waals surface area contributed by atoms with Gasteiger partial charge >= 0.3 is 0 Å². The highest BCUT2D eigenvalue weighted by Gasteiger charge is 2.29. The zero-order valence-electron chi connectivity index (χ0n) is 13.9. The molecule has 7 nitrogen and oxygen atoms in total. The zero-order valence-corrected chi connectivity index (χ0v) is 14.8. The van der Waals surface area contributed by atoms with Crippen LogP contribution in [0.5, 0.6) is 0 Å². The quantitative estimate of drug-likeness (QED) is 0.875. The third-order valence-electron chi connectivity index (χ3n) is 4.78. The van der Waals surface area contributed by atoms with E-state index in [-0.39, 0.29) is 11.7 Å². The molecule has 0 spiro atoms. The molecule has 0 bridgehead atoms. The van der Waals surface area contributed by atoms with Crippen molar-refractivity contribution in [2.45, 2.75) is 32.1 Å². The number of nitrogens with zero attached hydrogens (tertiary/aromatic N) is 2. The maximum Gasteiger partial charge on any atom is 0.256 e. The predicted octanol–water partition coefficient (Wildman–Crippen LogP) is 2.39. The Labute approximate surface area is 146 Å². The first-order valence-electron chi connectivity index (χ1n) is 8.42. The van der Waals surface area contributed by atoms with Crippen LogP contribution in [0.25, 0.3) is 0 Å². The lowest BCUT2D eigenvalue weighted by Crippen LogP contribution is -2.25. The van der Waals surface area contributed by atoms with Crippen molar-refractivity contribution in [2.24, 2.45) is 0 Å². The molecule has 1 aliphatic carbocycles. The Balaban J connectivity index is 1.49. The number of aromatic amines is 1. The molecule has 132 valence electrons. The number of aromatic nitrogens is 2. The number of carbonyl (C=O) groups excluding carboxylic acids is 1. The maximum absolute atomic E-state index is 12.4. The van der Waals surface area contributed by atoms with E-state index in [0.717, 1.165) is 24.1 Å². The Bertz CT molecular complexity index is 914. The van der Waals surface area contributed by atoms with E-state index >= 15 is 0 Å². The van der Waals surface area contributed by atoms with Gasteiger partial charge in [-0.05, 0) is 50.5 Å².